The molecule has 156 valence electrons. The highest BCUT2D eigenvalue weighted by Gasteiger charge is 2.45. The summed E-state index contributed by atoms with van der Waals surface area (Å²) >= 11 is 0. The van der Waals surface area contributed by atoms with Crippen molar-refractivity contribution in [1.82, 2.24) is 0 Å². The molecule has 3 aromatic carbocycles. The zero-order valence-corrected chi connectivity index (χ0v) is 17.2. The van der Waals surface area contributed by atoms with Gasteiger partial charge in [-0.1, -0.05) is 93.4 Å². The second-order valence-corrected chi connectivity index (χ2v) is 7.36. The van der Waals surface area contributed by atoms with Crippen LogP contribution in [0.4, 0.5) is 8.78 Å². The first-order valence-corrected chi connectivity index (χ1v) is 10.3. The van der Waals surface area contributed by atoms with Crippen LogP contribution < -0.4 is 0 Å². The standard InChI is InChI=1S/C26H26F2O2/c1-3-4-5-10-17-30-25(29)26(27,28)19(2)23-13-8-9-14-24(23)22-16-15-20-11-6-7-12-21(20)18-22/h6-9,11-16,18H,2-5,10,17H2,1H3. The minimum Gasteiger partial charge on any atom is -0.461 e. The largest absolute Gasteiger partial charge is 0.461 e. The molecule has 0 amide bonds. The number of unbranched alkanes of at least 4 members (excludes halogenated alkanes) is 3. The van der Waals surface area contributed by atoms with Crippen LogP contribution in [0.2, 0.25) is 0 Å². The molecule has 0 saturated carbocycles. The summed E-state index contributed by atoms with van der Waals surface area (Å²) in [5, 5.41) is 2.07. The number of fused-ring (bicyclic) bond motifs is 1. The molecule has 0 spiro atoms. The summed E-state index contributed by atoms with van der Waals surface area (Å²) in [6.07, 6.45) is 3.43. The van der Waals surface area contributed by atoms with E-state index < -0.39 is 17.5 Å². The van der Waals surface area contributed by atoms with Crippen LogP contribution in [0.25, 0.3) is 27.5 Å². The number of halogens is 2. The number of esters is 1. The molecule has 0 aliphatic rings. The highest BCUT2D eigenvalue weighted by atomic mass is 19.3. The molecule has 2 nitrogen and oxygen atoms in total. The first-order chi connectivity index (χ1) is 14.4. The van der Waals surface area contributed by atoms with Crippen LogP contribution in [-0.4, -0.2) is 18.5 Å². The number of rotatable bonds is 9. The zero-order chi connectivity index (χ0) is 21.6. The lowest BCUT2D eigenvalue weighted by Crippen LogP contribution is -2.32. The van der Waals surface area contributed by atoms with Crippen molar-refractivity contribution in [1.29, 1.82) is 0 Å². The van der Waals surface area contributed by atoms with Crippen molar-refractivity contribution in [3.05, 3.63) is 78.9 Å². The summed E-state index contributed by atoms with van der Waals surface area (Å²) in [5.74, 6) is -5.34. The summed E-state index contributed by atoms with van der Waals surface area (Å²) in [5.41, 5.74) is 1.07. The molecule has 0 N–H and O–H groups in total. The van der Waals surface area contributed by atoms with Crippen molar-refractivity contribution >= 4 is 22.3 Å². The lowest BCUT2D eigenvalue weighted by atomic mass is 9.91. The molecule has 3 rings (SSSR count). The Hall–Kier alpha value is -3.01. The fourth-order valence-electron chi connectivity index (χ4n) is 3.43. The molecular weight excluding hydrogens is 382 g/mol. The van der Waals surface area contributed by atoms with Gasteiger partial charge in [-0.15, -0.1) is 0 Å². The number of hydrogen-bond acceptors (Lipinski definition) is 2. The molecule has 0 fully saturated rings. The summed E-state index contributed by atoms with van der Waals surface area (Å²) < 4.78 is 34.5. The second-order valence-electron chi connectivity index (χ2n) is 7.36. The van der Waals surface area contributed by atoms with E-state index in [1.807, 2.05) is 42.5 Å². The maximum absolute atomic E-state index is 14.8. The number of carbonyl (C=O) groups is 1. The third kappa shape index (κ3) is 4.76. The molecule has 0 aliphatic heterocycles. The summed E-state index contributed by atoms with van der Waals surface area (Å²) in [7, 11) is 0. The third-order valence-electron chi connectivity index (χ3n) is 5.18. The lowest BCUT2D eigenvalue weighted by molar-refractivity contribution is -0.163. The molecule has 0 aromatic heterocycles. The van der Waals surface area contributed by atoms with E-state index in [1.165, 1.54) is 0 Å². The van der Waals surface area contributed by atoms with E-state index in [1.54, 1.807) is 24.3 Å². The molecule has 0 aliphatic carbocycles. The Labute approximate surface area is 176 Å². The number of hydrogen-bond donors (Lipinski definition) is 0. The van der Waals surface area contributed by atoms with Crippen molar-refractivity contribution in [2.45, 2.75) is 38.5 Å². The number of carbonyl (C=O) groups excluding carboxylic acids is 1. The lowest BCUT2D eigenvalue weighted by Gasteiger charge is -2.20. The number of benzene rings is 3. The maximum Gasteiger partial charge on any atom is 0.381 e. The van der Waals surface area contributed by atoms with Crippen LogP contribution in [0.15, 0.2) is 73.3 Å². The van der Waals surface area contributed by atoms with E-state index in [2.05, 4.69) is 13.5 Å². The summed E-state index contributed by atoms with van der Waals surface area (Å²) in [6.45, 7) is 5.62. The van der Waals surface area contributed by atoms with Gasteiger partial charge >= 0.3 is 11.9 Å². The fourth-order valence-corrected chi connectivity index (χ4v) is 3.43. The molecule has 0 heterocycles. The average molecular weight is 408 g/mol. The monoisotopic (exact) mass is 408 g/mol. The van der Waals surface area contributed by atoms with Crippen LogP contribution in [-0.2, 0) is 9.53 Å². The number of alkyl halides is 2. The van der Waals surface area contributed by atoms with Crippen molar-refractivity contribution < 1.29 is 18.3 Å². The van der Waals surface area contributed by atoms with Gasteiger partial charge in [-0.3, -0.25) is 0 Å². The van der Waals surface area contributed by atoms with E-state index in [-0.39, 0.29) is 12.2 Å². The Morgan fingerprint density at radius 2 is 1.63 bits per heavy atom. The van der Waals surface area contributed by atoms with E-state index in [0.717, 1.165) is 35.6 Å². The van der Waals surface area contributed by atoms with Gasteiger partial charge in [0.1, 0.15) is 0 Å². The summed E-state index contributed by atoms with van der Waals surface area (Å²) in [6, 6.07) is 20.4. The molecule has 3 aromatic rings. The Morgan fingerprint density at radius 3 is 2.40 bits per heavy atom. The highest BCUT2D eigenvalue weighted by molar-refractivity contribution is 5.98. The molecular formula is C26H26F2O2. The quantitative estimate of drug-likeness (QED) is 0.275. The van der Waals surface area contributed by atoms with E-state index in [9.17, 15) is 13.6 Å². The van der Waals surface area contributed by atoms with Gasteiger partial charge in [0.25, 0.3) is 0 Å². The smallest absolute Gasteiger partial charge is 0.381 e. The van der Waals surface area contributed by atoms with Crippen LogP contribution >= 0.6 is 0 Å². The Balaban J connectivity index is 1.84. The Morgan fingerprint density at radius 1 is 0.933 bits per heavy atom. The molecule has 30 heavy (non-hydrogen) atoms. The summed E-state index contributed by atoms with van der Waals surface area (Å²) in [4.78, 5) is 12.1. The molecule has 0 atom stereocenters. The van der Waals surface area contributed by atoms with Gasteiger partial charge in [0.05, 0.1) is 6.61 Å². The van der Waals surface area contributed by atoms with Gasteiger partial charge in [-0.25, -0.2) is 4.79 Å². The normalized spacial score (nSPS) is 11.4. The predicted molar refractivity (Wildman–Crippen MR) is 118 cm³/mol. The molecule has 0 radical (unpaired) electrons. The van der Waals surface area contributed by atoms with Crippen molar-refractivity contribution in [3.63, 3.8) is 0 Å². The van der Waals surface area contributed by atoms with Crippen LogP contribution in [0.3, 0.4) is 0 Å². The predicted octanol–water partition coefficient (Wildman–Crippen LogP) is 7.28. The van der Waals surface area contributed by atoms with Crippen molar-refractivity contribution in [3.8, 4) is 11.1 Å². The van der Waals surface area contributed by atoms with Gasteiger partial charge in [0, 0.05) is 5.57 Å². The molecule has 0 saturated heterocycles. The highest BCUT2D eigenvalue weighted by Crippen LogP contribution is 2.38. The Kier molecular flexibility index (Phi) is 6.99. The van der Waals surface area contributed by atoms with Gasteiger partial charge < -0.3 is 4.74 Å². The fraction of sp³-hybridized carbons (Fsp3) is 0.269. The van der Waals surface area contributed by atoms with Gasteiger partial charge in [-0.05, 0) is 39.9 Å². The van der Waals surface area contributed by atoms with E-state index in [0.29, 0.717) is 12.0 Å². The second kappa shape index (κ2) is 9.66. The Bertz CT molecular complexity index is 1040. The van der Waals surface area contributed by atoms with Crippen LogP contribution in [0.1, 0.15) is 38.2 Å². The molecule has 0 bridgehead atoms. The van der Waals surface area contributed by atoms with Crippen molar-refractivity contribution in [2.75, 3.05) is 6.61 Å². The minimum absolute atomic E-state index is 0.00593. The SMILES string of the molecule is C=C(c1ccccc1-c1ccc2ccccc2c1)C(F)(F)C(=O)OCCCCCC. The van der Waals surface area contributed by atoms with Crippen molar-refractivity contribution in [2.24, 2.45) is 0 Å². The van der Waals surface area contributed by atoms with Crippen LogP contribution in [0, 0.1) is 0 Å². The molecule has 4 heteroatoms. The first-order valence-electron chi connectivity index (χ1n) is 10.3. The topological polar surface area (TPSA) is 26.3 Å². The van der Waals surface area contributed by atoms with Gasteiger partial charge in [0.2, 0.25) is 0 Å². The minimum atomic E-state index is -3.79. The number of ether oxygens (including phenoxy) is 1. The zero-order valence-electron chi connectivity index (χ0n) is 17.2. The van der Waals surface area contributed by atoms with E-state index >= 15 is 0 Å². The third-order valence-corrected chi connectivity index (χ3v) is 5.18. The molecule has 0 unspecified atom stereocenters. The van der Waals surface area contributed by atoms with Gasteiger partial charge in [0.15, 0.2) is 0 Å². The maximum atomic E-state index is 14.8. The van der Waals surface area contributed by atoms with E-state index in [4.69, 9.17) is 4.74 Å². The first kappa shape index (κ1) is 21.7. The average Bonchev–Trinajstić information content (AvgIpc) is 2.77. The van der Waals surface area contributed by atoms with Gasteiger partial charge in [-0.2, -0.15) is 8.78 Å². The van der Waals surface area contributed by atoms with Crippen LogP contribution in [0.5, 0.6) is 0 Å².